The van der Waals surface area contributed by atoms with E-state index >= 15 is 0 Å². The van der Waals surface area contributed by atoms with Gasteiger partial charge < -0.3 is 20.5 Å². The number of methoxy groups -OCH3 is 1. The molecule has 1 atom stereocenters. The van der Waals surface area contributed by atoms with Gasteiger partial charge in [0.05, 0.1) is 13.2 Å². The number of hydrogen-bond acceptors (Lipinski definition) is 4. The first kappa shape index (κ1) is 15.6. The molecular formula is C13H19FN2O3. The predicted molar refractivity (Wildman–Crippen MR) is 70.4 cm³/mol. The number of benzene rings is 1. The lowest BCUT2D eigenvalue weighted by molar-refractivity contribution is -0.115. The summed E-state index contributed by atoms with van der Waals surface area (Å²) in [5, 5.41) is 14.4. The number of hydrogen-bond donors (Lipinski definition) is 3. The summed E-state index contributed by atoms with van der Waals surface area (Å²) in [5.74, 6) is -0.673. The van der Waals surface area contributed by atoms with Crippen LogP contribution in [0.5, 0.6) is 0 Å². The molecule has 0 aliphatic rings. The van der Waals surface area contributed by atoms with Gasteiger partial charge in [-0.05, 0) is 24.6 Å². The molecule has 106 valence electrons. The predicted octanol–water partition coefficient (Wildman–Crippen LogP) is 0.751. The van der Waals surface area contributed by atoms with Crippen LogP contribution in [0.4, 0.5) is 10.1 Å². The van der Waals surface area contributed by atoms with Crippen molar-refractivity contribution >= 4 is 11.6 Å². The van der Waals surface area contributed by atoms with Crippen LogP contribution >= 0.6 is 0 Å². The molecule has 0 aliphatic carbocycles. The molecule has 1 unspecified atom stereocenters. The summed E-state index contributed by atoms with van der Waals surface area (Å²) in [7, 11) is 1.55. The van der Waals surface area contributed by atoms with Gasteiger partial charge in [0.2, 0.25) is 5.91 Å². The molecule has 6 heteroatoms. The first-order chi connectivity index (χ1) is 9.15. The van der Waals surface area contributed by atoms with E-state index in [0.29, 0.717) is 18.7 Å². The molecule has 0 fully saturated rings. The highest BCUT2D eigenvalue weighted by atomic mass is 19.1. The third-order valence-corrected chi connectivity index (χ3v) is 2.51. The fourth-order valence-corrected chi connectivity index (χ4v) is 1.61. The van der Waals surface area contributed by atoms with E-state index in [-0.39, 0.29) is 25.1 Å². The van der Waals surface area contributed by atoms with Crippen molar-refractivity contribution in [3.8, 4) is 0 Å². The number of carbonyl (C=O) groups excluding carboxylic acids is 1. The molecule has 0 spiro atoms. The lowest BCUT2D eigenvalue weighted by atomic mass is 10.2. The van der Waals surface area contributed by atoms with E-state index in [4.69, 9.17) is 9.84 Å². The number of anilines is 1. The van der Waals surface area contributed by atoms with E-state index in [1.54, 1.807) is 13.2 Å². The maximum Gasteiger partial charge on any atom is 0.238 e. The van der Waals surface area contributed by atoms with Gasteiger partial charge in [-0.1, -0.05) is 6.07 Å². The van der Waals surface area contributed by atoms with Crippen LogP contribution in [-0.2, 0) is 9.53 Å². The molecule has 1 aromatic rings. The maximum absolute atomic E-state index is 12.9. The van der Waals surface area contributed by atoms with Crippen LogP contribution in [0.2, 0.25) is 0 Å². The summed E-state index contributed by atoms with van der Waals surface area (Å²) in [5.41, 5.74) is 0.414. The van der Waals surface area contributed by atoms with E-state index < -0.39 is 5.82 Å². The third kappa shape index (κ3) is 6.28. The summed E-state index contributed by atoms with van der Waals surface area (Å²) >= 11 is 0. The SMILES string of the molecule is COCC(CCO)NCC(=O)Nc1cccc(F)c1. The number of halogens is 1. The molecule has 0 aromatic heterocycles. The van der Waals surface area contributed by atoms with Crippen LogP contribution in [0.3, 0.4) is 0 Å². The van der Waals surface area contributed by atoms with Crippen LogP contribution in [0.15, 0.2) is 24.3 Å². The van der Waals surface area contributed by atoms with Crippen LogP contribution in [0.1, 0.15) is 6.42 Å². The van der Waals surface area contributed by atoms with Crippen molar-refractivity contribution in [2.75, 3.05) is 32.2 Å². The molecule has 19 heavy (non-hydrogen) atoms. The Kier molecular flexibility index (Phi) is 7.02. The van der Waals surface area contributed by atoms with Gasteiger partial charge in [0.25, 0.3) is 0 Å². The first-order valence-corrected chi connectivity index (χ1v) is 6.04. The van der Waals surface area contributed by atoms with Crippen LogP contribution in [0.25, 0.3) is 0 Å². The number of aliphatic hydroxyl groups is 1. The van der Waals surface area contributed by atoms with E-state index in [9.17, 15) is 9.18 Å². The quantitative estimate of drug-likeness (QED) is 0.652. The van der Waals surface area contributed by atoms with Gasteiger partial charge in [0.1, 0.15) is 5.82 Å². The second-order valence-corrected chi connectivity index (χ2v) is 4.10. The number of ether oxygens (including phenoxy) is 1. The Hall–Kier alpha value is -1.50. The highest BCUT2D eigenvalue weighted by Crippen LogP contribution is 2.08. The Balaban J connectivity index is 2.38. The Morgan fingerprint density at radius 3 is 2.95 bits per heavy atom. The third-order valence-electron chi connectivity index (χ3n) is 2.51. The summed E-state index contributed by atoms with van der Waals surface area (Å²) in [6.07, 6.45) is 0.501. The number of rotatable bonds is 8. The normalized spacial score (nSPS) is 12.2. The van der Waals surface area contributed by atoms with Crippen molar-refractivity contribution in [3.05, 3.63) is 30.1 Å². The van der Waals surface area contributed by atoms with Gasteiger partial charge >= 0.3 is 0 Å². The largest absolute Gasteiger partial charge is 0.396 e. The number of amides is 1. The minimum atomic E-state index is -0.400. The lowest BCUT2D eigenvalue weighted by Gasteiger charge is -2.16. The summed E-state index contributed by atoms with van der Waals surface area (Å²) in [6, 6.07) is 5.61. The average Bonchev–Trinajstić information content (AvgIpc) is 2.36. The van der Waals surface area contributed by atoms with E-state index in [0.717, 1.165) is 0 Å². The summed E-state index contributed by atoms with van der Waals surface area (Å²) in [4.78, 5) is 11.6. The number of aliphatic hydroxyl groups excluding tert-OH is 1. The topological polar surface area (TPSA) is 70.6 Å². The summed E-state index contributed by atoms with van der Waals surface area (Å²) < 4.78 is 17.9. The van der Waals surface area contributed by atoms with Gasteiger partial charge in [-0.25, -0.2) is 4.39 Å². The van der Waals surface area contributed by atoms with Gasteiger partial charge in [0.15, 0.2) is 0 Å². The van der Waals surface area contributed by atoms with Crippen molar-refractivity contribution in [2.45, 2.75) is 12.5 Å². The smallest absolute Gasteiger partial charge is 0.238 e. The summed E-state index contributed by atoms with van der Waals surface area (Å²) in [6.45, 7) is 0.505. The fraction of sp³-hybridized carbons (Fsp3) is 0.462. The molecule has 1 amide bonds. The minimum Gasteiger partial charge on any atom is -0.396 e. The Morgan fingerprint density at radius 2 is 2.32 bits per heavy atom. The zero-order chi connectivity index (χ0) is 14.1. The lowest BCUT2D eigenvalue weighted by Crippen LogP contribution is -2.39. The Bertz CT molecular complexity index is 395. The van der Waals surface area contributed by atoms with Gasteiger partial charge in [-0.2, -0.15) is 0 Å². The Labute approximate surface area is 111 Å². The first-order valence-electron chi connectivity index (χ1n) is 6.04. The molecule has 0 saturated carbocycles. The van der Waals surface area contributed by atoms with Crippen molar-refractivity contribution < 1.29 is 19.0 Å². The monoisotopic (exact) mass is 270 g/mol. The van der Waals surface area contributed by atoms with Crippen molar-refractivity contribution in [1.29, 1.82) is 0 Å². The zero-order valence-electron chi connectivity index (χ0n) is 10.9. The molecule has 5 nitrogen and oxygen atoms in total. The Morgan fingerprint density at radius 1 is 1.53 bits per heavy atom. The molecular weight excluding hydrogens is 251 g/mol. The molecule has 0 bridgehead atoms. The van der Waals surface area contributed by atoms with Crippen LogP contribution in [0, 0.1) is 5.82 Å². The van der Waals surface area contributed by atoms with Gasteiger partial charge in [0, 0.05) is 25.4 Å². The highest BCUT2D eigenvalue weighted by molar-refractivity contribution is 5.92. The molecule has 0 heterocycles. The highest BCUT2D eigenvalue weighted by Gasteiger charge is 2.10. The van der Waals surface area contributed by atoms with Gasteiger partial charge in [-0.3, -0.25) is 4.79 Å². The van der Waals surface area contributed by atoms with Crippen molar-refractivity contribution in [3.63, 3.8) is 0 Å². The number of carbonyl (C=O) groups is 1. The molecule has 0 saturated heterocycles. The second-order valence-electron chi connectivity index (χ2n) is 4.10. The molecule has 1 rings (SSSR count). The molecule has 0 aliphatic heterocycles. The van der Waals surface area contributed by atoms with Gasteiger partial charge in [-0.15, -0.1) is 0 Å². The second kappa shape index (κ2) is 8.58. The van der Waals surface area contributed by atoms with E-state index in [1.807, 2.05) is 0 Å². The van der Waals surface area contributed by atoms with E-state index in [2.05, 4.69) is 10.6 Å². The van der Waals surface area contributed by atoms with E-state index in [1.165, 1.54) is 18.2 Å². The zero-order valence-corrected chi connectivity index (χ0v) is 10.9. The molecule has 0 radical (unpaired) electrons. The number of nitrogens with one attached hydrogen (secondary N) is 2. The van der Waals surface area contributed by atoms with Crippen molar-refractivity contribution in [1.82, 2.24) is 5.32 Å². The van der Waals surface area contributed by atoms with Crippen LogP contribution in [-0.4, -0.2) is 43.9 Å². The maximum atomic E-state index is 12.9. The van der Waals surface area contributed by atoms with Crippen molar-refractivity contribution in [2.24, 2.45) is 0 Å². The molecule has 3 N–H and O–H groups in total. The standard InChI is InChI=1S/C13H19FN2O3/c1-19-9-12(5-6-17)15-8-13(18)16-11-4-2-3-10(14)7-11/h2-4,7,12,15,17H,5-6,8-9H2,1H3,(H,16,18). The minimum absolute atomic E-state index is 0.0204. The fourth-order valence-electron chi connectivity index (χ4n) is 1.61. The molecule has 1 aromatic carbocycles. The van der Waals surface area contributed by atoms with Crippen LogP contribution < -0.4 is 10.6 Å². The average molecular weight is 270 g/mol.